The maximum absolute atomic E-state index is 9.42. The summed E-state index contributed by atoms with van der Waals surface area (Å²) in [7, 11) is 0. The lowest BCUT2D eigenvalue weighted by atomic mass is 10.1. The van der Waals surface area contributed by atoms with Crippen LogP contribution in [0.1, 0.15) is 51.9 Å². The molecule has 3 heteroatoms. The molecule has 0 saturated heterocycles. The molecular weight excluding hydrogens is 226 g/mol. The Balaban J connectivity index is 2.09. The van der Waals surface area contributed by atoms with Crippen LogP contribution < -0.4 is 10.5 Å². The predicted molar refractivity (Wildman–Crippen MR) is 76.0 cm³/mol. The molecule has 102 valence electrons. The van der Waals surface area contributed by atoms with Crippen LogP contribution in [-0.2, 0) is 0 Å². The van der Waals surface area contributed by atoms with Crippen molar-refractivity contribution in [1.29, 1.82) is 0 Å². The molecule has 0 aromatic heterocycles. The first-order valence-corrected chi connectivity index (χ1v) is 6.96. The minimum absolute atomic E-state index is 0.0899. The standard InChI is InChI=1S/C15H25NO2/c1-2-3-4-5-6-7-8-12-18-14-11-9-10-13(17)15(14)16/h9-11,17H,2-8,12,16H2,1H3. The highest BCUT2D eigenvalue weighted by molar-refractivity contribution is 5.61. The van der Waals surface area contributed by atoms with E-state index >= 15 is 0 Å². The number of nitrogens with two attached hydrogens (primary N) is 1. The number of hydrogen-bond donors (Lipinski definition) is 2. The van der Waals surface area contributed by atoms with Gasteiger partial charge in [-0.3, -0.25) is 0 Å². The van der Waals surface area contributed by atoms with Crippen molar-refractivity contribution in [1.82, 2.24) is 0 Å². The molecule has 0 aliphatic rings. The van der Waals surface area contributed by atoms with Gasteiger partial charge in [-0.05, 0) is 18.6 Å². The van der Waals surface area contributed by atoms with E-state index in [2.05, 4.69) is 6.92 Å². The second-order valence-electron chi connectivity index (χ2n) is 4.66. The van der Waals surface area contributed by atoms with E-state index in [-0.39, 0.29) is 5.75 Å². The Morgan fingerprint density at radius 2 is 1.72 bits per heavy atom. The first-order valence-electron chi connectivity index (χ1n) is 6.96. The summed E-state index contributed by atoms with van der Waals surface area (Å²) >= 11 is 0. The molecule has 0 heterocycles. The molecule has 3 N–H and O–H groups in total. The summed E-state index contributed by atoms with van der Waals surface area (Å²) in [6, 6.07) is 5.10. The number of benzene rings is 1. The van der Waals surface area contributed by atoms with E-state index in [1.54, 1.807) is 18.2 Å². The molecule has 0 radical (unpaired) electrons. The SMILES string of the molecule is CCCCCCCCCOc1cccc(O)c1N. The highest BCUT2D eigenvalue weighted by Crippen LogP contribution is 2.30. The van der Waals surface area contributed by atoms with Crippen molar-refractivity contribution >= 4 is 5.69 Å². The molecule has 0 saturated carbocycles. The number of ether oxygens (including phenoxy) is 1. The van der Waals surface area contributed by atoms with E-state index in [1.165, 1.54) is 38.5 Å². The summed E-state index contributed by atoms with van der Waals surface area (Å²) in [5.74, 6) is 0.674. The molecule has 1 aromatic carbocycles. The number of rotatable bonds is 9. The topological polar surface area (TPSA) is 55.5 Å². The molecule has 18 heavy (non-hydrogen) atoms. The van der Waals surface area contributed by atoms with Crippen molar-refractivity contribution in [3.8, 4) is 11.5 Å². The number of hydrogen-bond acceptors (Lipinski definition) is 3. The largest absolute Gasteiger partial charge is 0.506 e. The molecular formula is C15H25NO2. The van der Waals surface area contributed by atoms with Crippen molar-refractivity contribution < 1.29 is 9.84 Å². The minimum atomic E-state index is 0.0899. The van der Waals surface area contributed by atoms with Gasteiger partial charge >= 0.3 is 0 Å². The van der Waals surface area contributed by atoms with E-state index in [1.807, 2.05) is 0 Å². The number of anilines is 1. The summed E-state index contributed by atoms with van der Waals surface area (Å²) in [6.45, 7) is 2.90. The number of para-hydroxylation sites is 1. The van der Waals surface area contributed by atoms with Gasteiger partial charge in [0.05, 0.1) is 6.61 Å². The van der Waals surface area contributed by atoms with Crippen molar-refractivity contribution in [3.05, 3.63) is 18.2 Å². The van der Waals surface area contributed by atoms with E-state index in [9.17, 15) is 5.11 Å². The molecule has 1 rings (SSSR count). The van der Waals surface area contributed by atoms with E-state index in [0.29, 0.717) is 18.0 Å². The number of phenolic OH excluding ortho intramolecular Hbond substituents is 1. The van der Waals surface area contributed by atoms with Crippen LogP contribution in [0.4, 0.5) is 5.69 Å². The Morgan fingerprint density at radius 3 is 2.44 bits per heavy atom. The van der Waals surface area contributed by atoms with Crippen molar-refractivity contribution in [2.24, 2.45) is 0 Å². The average Bonchev–Trinajstić information content (AvgIpc) is 2.37. The van der Waals surface area contributed by atoms with Crippen LogP contribution in [0, 0.1) is 0 Å². The van der Waals surface area contributed by atoms with Crippen LogP contribution in [0.3, 0.4) is 0 Å². The summed E-state index contributed by atoms with van der Waals surface area (Å²) in [5, 5.41) is 9.42. The molecule has 0 amide bonds. The Morgan fingerprint density at radius 1 is 1.06 bits per heavy atom. The zero-order valence-corrected chi connectivity index (χ0v) is 11.3. The zero-order valence-electron chi connectivity index (χ0n) is 11.3. The van der Waals surface area contributed by atoms with Crippen LogP contribution >= 0.6 is 0 Å². The van der Waals surface area contributed by atoms with Gasteiger partial charge in [0.15, 0.2) is 0 Å². The minimum Gasteiger partial charge on any atom is -0.506 e. The van der Waals surface area contributed by atoms with Crippen molar-refractivity contribution in [3.63, 3.8) is 0 Å². The molecule has 0 bridgehead atoms. The van der Waals surface area contributed by atoms with Gasteiger partial charge in [0.1, 0.15) is 17.2 Å². The summed E-state index contributed by atoms with van der Waals surface area (Å²) in [4.78, 5) is 0. The lowest BCUT2D eigenvalue weighted by Crippen LogP contribution is -2.00. The van der Waals surface area contributed by atoms with E-state index < -0.39 is 0 Å². The van der Waals surface area contributed by atoms with Gasteiger partial charge in [0, 0.05) is 0 Å². The Bertz CT molecular complexity index is 339. The third-order valence-corrected chi connectivity index (χ3v) is 3.05. The van der Waals surface area contributed by atoms with Crippen LogP contribution in [0.25, 0.3) is 0 Å². The number of unbranched alkanes of at least 4 members (excludes halogenated alkanes) is 6. The second kappa shape index (κ2) is 8.67. The van der Waals surface area contributed by atoms with Gasteiger partial charge in [-0.15, -0.1) is 0 Å². The predicted octanol–water partition coefficient (Wildman–Crippen LogP) is 4.10. The lowest BCUT2D eigenvalue weighted by Gasteiger charge is -2.09. The van der Waals surface area contributed by atoms with Crippen LogP contribution in [0.5, 0.6) is 11.5 Å². The van der Waals surface area contributed by atoms with Gasteiger partial charge < -0.3 is 15.6 Å². The van der Waals surface area contributed by atoms with E-state index in [4.69, 9.17) is 10.5 Å². The Hall–Kier alpha value is -1.38. The number of nitrogen functional groups attached to an aromatic ring is 1. The lowest BCUT2D eigenvalue weighted by molar-refractivity contribution is 0.304. The quantitative estimate of drug-likeness (QED) is 0.394. The monoisotopic (exact) mass is 251 g/mol. The first kappa shape index (κ1) is 14.7. The number of aromatic hydroxyl groups is 1. The molecule has 0 unspecified atom stereocenters. The van der Waals surface area contributed by atoms with Crippen LogP contribution in [0.2, 0.25) is 0 Å². The van der Waals surface area contributed by atoms with E-state index in [0.717, 1.165) is 6.42 Å². The fourth-order valence-corrected chi connectivity index (χ4v) is 1.90. The van der Waals surface area contributed by atoms with Gasteiger partial charge in [-0.25, -0.2) is 0 Å². The first-order chi connectivity index (χ1) is 8.75. The fraction of sp³-hybridized carbons (Fsp3) is 0.600. The molecule has 0 fully saturated rings. The maximum Gasteiger partial charge on any atom is 0.145 e. The Labute approximate surface area is 110 Å². The average molecular weight is 251 g/mol. The third kappa shape index (κ3) is 5.30. The summed E-state index contributed by atoms with van der Waals surface area (Å²) in [6.07, 6.45) is 8.82. The smallest absolute Gasteiger partial charge is 0.145 e. The summed E-state index contributed by atoms with van der Waals surface area (Å²) < 4.78 is 5.56. The molecule has 0 atom stereocenters. The van der Waals surface area contributed by atoms with Gasteiger partial charge in [-0.2, -0.15) is 0 Å². The van der Waals surface area contributed by atoms with Crippen LogP contribution in [0.15, 0.2) is 18.2 Å². The highest BCUT2D eigenvalue weighted by Gasteiger charge is 2.03. The molecule has 0 aliphatic heterocycles. The van der Waals surface area contributed by atoms with Gasteiger partial charge in [-0.1, -0.05) is 51.5 Å². The number of phenols is 1. The van der Waals surface area contributed by atoms with Gasteiger partial charge in [0.2, 0.25) is 0 Å². The van der Waals surface area contributed by atoms with Gasteiger partial charge in [0.25, 0.3) is 0 Å². The Kier molecular flexibility index (Phi) is 7.07. The highest BCUT2D eigenvalue weighted by atomic mass is 16.5. The third-order valence-electron chi connectivity index (χ3n) is 3.05. The molecule has 1 aromatic rings. The maximum atomic E-state index is 9.42. The second-order valence-corrected chi connectivity index (χ2v) is 4.66. The normalized spacial score (nSPS) is 10.5. The van der Waals surface area contributed by atoms with Crippen LogP contribution in [-0.4, -0.2) is 11.7 Å². The van der Waals surface area contributed by atoms with Crippen molar-refractivity contribution in [2.75, 3.05) is 12.3 Å². The molecule has 0 aliphatic carbocycles. The zero-order chi connectivity index (χ0) is 13.2. The fourth-order valence-electron chi connectivity index (χ4n) is 1.90. The molecule has 3 nitrogen and oxygen atoms in total. The summed E-state index contributed by atoms with van der Waals surface area (Å²) in [5.41, 5.74) is 6.04. The van der Waals surface area contributed by atoms with Crippen molar-refractivity contribution in [2.45, 2.75) is 51.9 Å². The molecule has 0 spiro atoms.